The van der Waals surface area contributed by atoms with Gasteiger partial charge in [-0.1, -0.05) is 0 Å². The molecular weight excluding hydrogens is 223 g/mol. The first-order valence-electron chi connectivity index (χ1n) is 3.34. The molecule has 2 nitrogen and oxygen atoms in total. The first-order chi connectivity index (χ1) is 4.31. The second-order valence-corrected chi connectivity index (χ2v) is 3.30. The summed E-state index contributed by atoms with van der Waals surface area (Å²) in [5.41, 5.74) is 0. The molecule has 0 fully saturated rings. The topological polar surface area (TPSA) is 26.3 Å². The van der Waals surface area contributed by atoms with Crippen LogP contribution in [0.2, 0.25) is 0 Å². The molecule has 0 aliphatic rings. The van der Waals surface area contributed by atoms with E-state index in [0.717, 1.165) is 6.42 Å². The number of unbranched alkanes of at least 4 members (excludes halogenated alkanes) is 1. The molecule has 0 heterocycles. The van der Waals surface area contributed by atoms with Crippen molar-refractivity contribution < 1.29 is 6.15 Å². The molecule has 0 aromatic carbocycles. The summed E-state index contributed by atoms with van der Waals surface area (Å²) in [5.74, 6) is 0. The molecule has 0 N–H and O–H groups in total. The second kappa shape index (κ2) is 6.68. The van der Waals surface area contributed by atoms with Crippen LogP contribution in [-0.4, -0.2) is 27.6 Å². The average molecular weight is 236 g/mol. The van der Waals surface area contributed by atoms with Gasteiger partial charge in [0.15, 0.2) is 0 Å². The molecule has 1 unspecified atom stereocenters. The molecular formula is C6H13O2Sn. The van der Waals surface area contributed by atoms with Gasteiger partial charge in [0, 0.05) is 0 Å². The van der Waals surface area contributed by atoms with Crippen LogP contribution in [0.15, 0.2) is 0 Å². The molecule has 0 aromatic rings. The Morgan fingerprint density at radius 3 is 2.78 bits per heavy atom. The minimum absolute atomic E-state index is 0.231. The van der Waals surface area contributed by atoms with Crippen molar-refractivity contribution in [1.82, 2.24) is 0 Å². The zero-order valence-electron chi connectivity index (χ0n) is 6.02. The van der Waals surface area contributed by atoms with Gasteiger partial charge in [0.05, 0.1) is 0 Å². The van der Waals surface area contributed by atoms with E-state index in [-0.39, 0.29) is 6.10 Å². The van der Waals surface area contributed by atoms with E-state index in [9.17, 15) is 3.08 Å². The Bertz CT molecular complexity index is 75.5. The van der Waals surface area contributed by atoms with Crippen molar-refractivity contribution in [3.63, 3.8) is 0 Å². The van der Waals surface area contributed by atoms with E-state index in [2.05, 4.69) is 6.92 Å². The summed E-state index contributed by atoms with van der Waals surface area (Å²) in [5, 5.41) is 0. The normalized spacial score (nSPS) is 13.1. The second-order valence-electron chi connectivity index (χ2n) is 2.15. The molecule has 0 aromatic heterocycles. The molecule has 1 atom stereocenters. The Labute approximate surface area is 67.1 Å². The molecule has 0 saturated heterocycles. The Kier molecular flexibility index (Phi) is 7.09. The monoisotopic (exact) mass is 237 g/mol. The quantitative estimate of drug-likeness (QED) is 0.676. The van der Waals surface area contributed by atoms with Crippen molar-refractivity contribution in [2.24, 2.45) is 0 Å². The van der Waals surface area contributed by atoms with E-state index in [1.54, 1.807) is 0 Å². The summed E-state index contributed by atoms with van der Waals surface area (Å²) in [6, 6.07) is 0. The van der Waals surface area contributed by atoms with Crippen molar-refractivity contribution >= 4 is 21.5 Å². The number of hydrogen-bond acceptors (Lipinski definition) is 2. The summed E-state index contributed by atoms with van der Waals surface area (Å²) in [4.78, 5) is 0. The van der Waals surface area contributed by atoms with Gasteiger partial charge >= 0.3 is 66.9 Å². The van der Waals surface area contributed by atoms with Crippen molar-refractivity contribution in [3.05, 3.63) is 0 Å². The van der Waals surface area contributed by atoms with E-state index in [4.69, 9.17) is 3.07 Å². The summed E-state index contributed by atoms with van der Waals surface area (Å²) < 4.78 is 15.0. The van der Waals surface area contributed by atoms with Gasteiger partial charge in [0.1, 0.15) is 0 Å². The van der Waals surface area contributed by atoms with E-state index >= 15 is 0 Å². The van der Waals surface area contributed by atoms with Gasteiger partial charge in [-0.3, -0.25) is 0 Å². The molecule has 0 aliphatic heterocycles. The molecule has 0 bridgehead atoms. The van der Waals surface area contributed by atoms with Gasteiger partial charge < -0.3 is 0 Å². The van der Waals surface area contributed by atoms with Crippen LogP contribution < -0.4 is 0 Å². The predicted molar refractivity (Wildman–Crippen MR) is 36.5 cm³/mol. The fourth-order valence-electron chi connectivity index (χ4n) is 0.633. The molecule has 53 valence electrons. The van der Waals surface area contributed by atoms with E-state index in [1.165, 1.54) is 12.8 Å². The predicted octanol–water partition coefficient (Wildman–Crippen LogP) is 1.55. The molecule has 3 heteroatoms. The van der Waals surface area contributed by atoms with Crippen LogP contribution >= 0.6 is 0 Å². The molecule has 1 radical (unpaired) electrons. The fourth-order valence-corrected chi connectivity index (χ4v) is 1.44. The first-order valence-corrected chi connectivity index (χ1v) is 5.67. The molecule has 0 saturated carbocycles. The summed E-state index contributed by atoms with van der Waals surface area (Å²) in [6.07, 6.45) is 3.66. The Morgan fingerprint density at radius 2 is 2.33 bits per heavy atom. The molecule has 0 rings (SSSR count). The summed E-state index contributed by atoms with van der Waals surface area (Å²) in [6.45, 7) is 4.12. The first kappa shape index (κ1) is 9.56. The van der Waals surface area contributed by atoms with Gasteiger partial charge in [0.25, 0.3) is 0 Å². The maximum atomic E-state index is 10.1. The van der Waals surface area contributed by atoms with Crippen LogP contribution in [0.4, 0.5) is 0 Å². The molecule has 9 heavy (non-hydrogen) atoms. The standard InChI is InChI=1S/C6H13O.O.Sn/c1-3-4-5-6(2)7;;/h6H,3-5H2,1-2H3;;/q-1;;+1. The Balaban J connectivity index is 3.04. The van der Waals surface area contributed by atoms with Crippen molar-refractivity contribution in [3.8, 4) is 0 Å². The van der Waals surface area contributed by atoms with Crippen LogP contribution in [0.1, 0.15) is 33.1 Å². The molecule has 0 aliphatic carbocycles. The van der Waals surface area contributed by atoms with Gasteiger partial charge in [-0.25, -0.2) is 0 Å². The van der Waals surface area contributed by atoms with E-state index in [1.807, 2.05) is 6.92 Å². The molecule has 0 spiro atoms. The van der Waals surface area contributed by atoms with Crippen molar-refractivity contribution in [2.75, 3.05) is 0 Å². The van der Waals surface area contributed by atoms with Crippen LogP contribution in [0.5, 0.6) is 0 Å². The van der Waals surface area contributed by atoms with Crippen LogP contribution in [0.25, 0.3) is 0 Å². The SMILES string of the molecule is CCCCC(C)[O][Sn]=[O]. The average Bonchev–Trinajstić information content (AvgIpc) is 1.85. The zero-order chi connectivity index (χ0) is 7.11. The van der Waals surface area contributed by atoms with Gasteiger partial charge in [-0.2, -0.15) is 0 Å². The number of rotatable bonds is 5. The Morgan fingerprint density at radius 1 is 1.67 bits per heavy atom. The van der Waals surface area contributed by atoms with Crippen LogP contribution in [0.3, 0.4) is 0 Å². The zero-order valence-corrected chi connectivity index (χ0v) is 8.87. The Hall–Kier alpha value is 0.559. The third-order valence-electron chi connectivity index (χ3n) is 1.21. The van der Waals surface area contributed by atoms with Gasteiger partial charge in [-0.05, 0) is 0 Å². The third kappa shape index (κ3) is 6.44. The molecule has 0 amide bonds. The van der Waals surface area contributed by atoms with Gasteiger partial charge in [0.2, 0.25) is 0 Å². The van der Waals surface area contributed by atoms with Crippen LogP contribution in [-0.2, 0) is 6.15 Å². The van der Waals surface area contributed by atoms with Crippen molar-refractivity contribution in [2.45, 2.75) is 39.2 Å². The van der Waals surface area contributed by atoms with Crippen molar-refractivity contribution in [1.29, 1.82) is 0 Å². The summed E-state index contributed by atoms with van der Waals surface area (Å²) in [7, 11) is 0. The fraction of sp³-hybridized carbons (Fsp3) is 1.00. The minimum atomic E-state index is -1.64. The number of hydrogen-bond donors (Lipinski definition) is 0. The van der Waals surface area contributed by atoms with Crippen LogP contribution in [0, 0.1) is 0 Å². The van der Waals surface area contributed by atoms with E-state index in [0.29, 0.717) is 0 Å². The summed E-state index contributed by atoms with van der Waals surface area (Å²) >= 11 is -1.64. The maximum absolute atomic E-state index is 10.1. The van der Waals surface area contributed by atoms with E-state index < -0.39 is 21.5 Å². The third-order valence-corrected chi connectivity index (χ3v) is 2.64. The van der Waals surface area contributed by atoms with Gasteiger partial charge in [-0.15, -0.1) is 0 Å².